The van der Waals surface area contributed by atoms with Gasteiger partial charge in [-0.2, -0.15) is 0 Å². The molecule has 45 heavy (non-hydrogen) atoms. The molecule has 1 saturated heterocycles. The molecule has 2 aliphatic rings. The second-order valence-electron chi connectivity index (χ2n) is 10.8. The van der Waals surface area contributed by atoms with Crippen LogP contribution in [0.5, 0.6) is 0 Å². The molecule has 14 heteroatoms. The summed E-state index contributed by atoms with van der Waals surface area (Å²) in [4.78, 5) is 63.1. The van der Waals surface area contributed by atoms with E-state index < -0.39 is 39.5 Å². The number of ether oxygens (including phenoxy) is 2. The zero-order valence-corrected chi connectivity index (χ0v) is 26.0. The van der Waals surface area contributed by atoms with Crippen LogP contribution in [0.1, 0.15) is 69.6 Å². The predicted molar refractivity (Wildman–Crippen MR) is 164 cm³/mol. The molecule has 4 rings (SSSR count). The summed E-state index contributed by atoms with van der Waals surface area (Å²) in [6.45, 7) is 3.12. The normalized spacial score (nSPS) is 16.5. The average Bonchev–Trinajstić information content (AvgIpc) is 3.26. The highest BCUT2D eigenvalue weighted by Gasteiger charge is 2.45. The molecule has 2 aliphatic heterocycles. The minimum atomic E-state index is -3.30. The molecule has 0 bridgehead atoms. The van der Waals surface area contributed by atoms with Gasteiger partial charge in [-0.1, -0.05) is 6.07 Å². The molecule has 0 saturated carbocycles. The quantitative estimate of drug-likeness (QED) is 0.171. The molecule has 1 unspecified atom stereocenters. The minimum Gasteiger partial charge on any atom is -0.384 e. The number of hydrogen-bond acceptors (Lipinski definition) is 10. The third kappa shape index (κ3) is 8.96. The van der Waals surface area contributed by atoms with Gasteiger partial charge in [0.2, 0.25) is 11.8 Å². The molecule has 2 heterocycles. The SMILES string of the molecule is CS(=O)(=O)c1ccc(C(=O)NCCCOCCCCOCCCNc2cccc3c2C(=O)N(C2CCC(=O)NC2=O)C3=O)cc1. The van der Waals surface area contributed by atoms with Gasteiger partial charge in [-0.15, -0.1) is 0 Å². The topological polar surface area (TPSA) is 177 Å². The van der Waals surface area contributed by atoms with E-state index in [1.807, 2.05) is 0 Å². The first-order chi connectivity index (χ1) is 21.6. The molecule has 1 fully saturated rings. The Morgan fingerprint density at radius 1 is 0.889 bits per heavy atom. The van der Waals surface area contributed by atoms with Crippen molar-refractivity contribution >= 4 is 45.1 Å². The van der Waals surface area contributed by atoms with Crippen LogP contribution in [0.25, 0.3) is 0 Å². The van der Waals surface area contributed by atoms with Gasteiger partial charge in [-0.3, -0.25) is 34.2 Å². The lowest BCUT2D eigenvalue weighted by Gasteiger charge is -2.27. The Hall–Kier alpha value is -4.14. The van der Waals surface area contributed by atoms with E-state index in [1.165, 1.54) is 24.3 Å². The smallest absolute Gasteiger partial charge is 0.264 e. The number of amides is 5. The number of anilines is 1. The molecule has 0 aromatic heterocycles. The van der Waals surface area contributed by atoms with E-state index >= 15 is 0 Å². The molecule has 5 amide bonds. The van der Waals surface area contributed by atoms with Crippen molar-refractivity contribution in [2.75, 3.05) is 51.1 Å². The highest BCUT2D eigenvalue weighted by atomic mass is 32.2. The van der Waals surface area contributed by atoms with Crippen LogP contribution >= 0.6 is 0 Å². The van der Waals surface area contributed by atoms with Crippen molar-refractivity contribution in [3.63, 3.8) is 0 Å². The van der Waals surface area contributed by atoms with Gasteiger partial charge in [-0.05, 0) is 68.5 Å². The highest BCUT2D eigenvalue weighted by Crippen LogP contribution is 2.32. The van der Waals surface area contributed by atoms with E-state index in [1.54, 1.807) is 18.2 Å². The fourth-order valence-electron chi connectivity index (χ4n) is 5.00. The summed E-state index contributed by atoms with van der Waals surface area (Å²) in [5, 5.41) is 8.18. The number of fused-ring (bicyclic) bond motifs is 1. The molecular formula is C31H38N4O9S. The molecule has 3 N–H and O–H groups in total. The van der Waals surface area contributed by atoms with E-state index in [4.69, 9.17) is 9.47 Å². The first-order valence-electron chi connectivity index (χ1n) is 14.9. The Balaban J connectivity index is 1.03. The number of piperidine rings is 1. The molecule has 13 nitrogen and oxygen atoms in total. The summed E-state index contributed by atoms with van der Waals surface area (Å²) in [5.41, 5.74) is 1.38. The number of nitrogens with one attached hydrogen (secondary N) is 3. The van der Waals surface area contributed by atoms with Crippen LogP contribution < -0.4 is 16.0 Å². The van der Waals surface area contributed by atoms with Crippen LogP contribution in [0.4, 0.5) is 5.69 Å². The largest absolute Gasteiger partial charge is 0.384 e. The predicted octanol–water partition coefficient (Wildman–Crippen LogP) is 1.93. The van der Waals surface area contributed by atoms with Gasteiger partial charge >= 0.3 is 0 Å². The summed E-state index contributed by atoms with van der Waals surface area (Å²) < 4.78 is 34.3. The maximum absolute atomic E-state index is 13.1. The molecule has 242 valence electrons. The summed E-state index contributed by atoms with van der Waals surface area (Å²) >= 11 is 0. The van der Waals surface area contributed by atoms with Gasteiger partial charge in [0.25, 0.3) is 17.7 Å². The Morgan fingerprint density at radius 2 is 1.53 bits per heavy atom. The Kier molecular flexibility index (Phi) is 11.8. The number of benzene rings is 2. The van der Waals surface area contributed by atoms with Crippen LogP contribution in [0, 0.1) is 0 Å². The monoisotopic (exact) mass is 642 g/mol. The van der Waals surface area contributed by atoms with Gasteiger partial charge < -0.3 is 20.1 Å². The van der Waals surface area contributed by atoms with Gasteiger partial charge in [0.05, 0.1) is 16.0 Å². The van der Waals surface area contributed by atoms with Gasteiger partial charge in [-0.25, -0.2) is 8.42 Å². The number of carbonyl (C=O) groups excluding carboxylic acids is 5. The maximum Gasteiger partial charge on any atom is 0.264 e. The Morgan fingerprint density at radius 3 is 2.18 bits per heavy atom. The standard InChI is InChI=1S/C31H38N4O9S/c1-45(41,42)22-11-9-21(10-12-22)28(37)33-16-6-20-44-18-3-2-17-43-19-5-15-32-24-8-4-7-23-27(24)31(40)35(30(23)39)25-13-14-26(36)34-29(25)38/h4,7-12,25,32H,2-3,5-6,13-20H2,1H3,(H,33,37)(H,34,36,38). The zero-order valence-electron chi connectivity index (χ0n) is 25.1. The van der Waals surface area contributed by atoms with Gasteiger partial charge in [0.15, 0.2) is 9.84 Å². The number of imide groups is 2. The number of nitrogens with zero attached hydrogens (tertiary/aromatic N) is 1. The minimum absolute atomic E-state index is 0.0684. The maximum atomic E-state index is 13.1. The van der Waals surface area contributed by atoms with Gasteiger partial charge in [0.1, 0.15) is 6.04 Å². The number of unbranched alkanes of at least 4 members (excludes halogenated alkanes) is 1. The van der Waals surface area contributed by atoms with Crippen molar-refractivity contribution in [1.29, 1.82) is 0 Å². The molecule has 2 aromatic rings. The summed E-state index contributed by atoms with van der Waals surface area (Å²) in [6.07, 6.45) is 4.27. The number of hydrogen-bond donors (Lipinski definition) is 3. The van der Waals surface area contributed by atoms with Crippen LogP contribution in [-0.2, 0) is 28.9 Å². The van der Waals surface area contributed by atoms with Crippen LogP contribution in [0.2, 0.25) is 0 Å². The summed E-state index contributed by atoms with van der Waals surface area (Å²) in [5.74, 6) is -2.41. The lowest BCUT2D eigenvalue weighted by molar-refractivity contribution is -0.136. The highest BCUT2D eigenvalue weighted by molar-refractivity contribution is 7.90. The first kappa shape index (κ1) is 33.7. The van der Waals surface area contributed by atoms with Crippen molar-refractivity contribution in [1.82, 2.24) is 15.5 Å². The molecule has 0 aliphatic carbocycles. The van der Waals surface area contributed by atoms with Crippen LogP contribution in [0.3, 0.4) is 0 Å². The summed E-state index contributed by atoms with van der Waals surface area (Å²) in [7, 11) is -3.30. The number of carbonyl (C=O) groups is 5. The average molecular weight is 643 g/mol. The fraction of sp³-hybridized carbons (Fsp3) is 0.452. The van der Waals surface area contributed by atoms with E-state index in [9.17, 15) is 32.4 Å². The lowest BCUT2D eigenvalue weighted by Crippen LogP contribution is -2.54. The van der Waals surface area contributed by atoms with Crippen molar-refractivity contribution in [2.45, 2.75) is 49.5 Å². The molecule has 0 radical (unpaired) electrons. The number of rotatable bonds is 17. The van der Waals surface area contributed by atoms with Crippen molar-refractivity contribution in [3.8, 4) is 0 Å². The van der Waals surface area contributed by atoms with Crippen molar-refractivity contribution in [2.24, 2.45) is 0 Å². The Labute approximate surface area is 261 Å². The molecule has 0 spiro atoms. The van der Waals surface area contributed by atoms with Crippen molar-refractivity contribution in [3.05, 3.63) is 59.2 Å². The zero-order chi connectivity index (χ0) is 32.4. The first-order valence-corrected chi connectivity index (χ1v) is 16.8. The lowest BCUT2D eigenvalue weighted by atomic mass is 10.0. The third-order valence-electron chi connectivity index (χ3n) is 7.37. The summed E-state index contributed by atoms with van der Waals surface area (Å²) in [6, 6.07) is 9.76. The van der Waals surface area contributed by atoms with Crippen LogP contribution in [-0.4, -0.2) is 94.7 Å². The van der Waals surface area contributed by atoms with E-state index in [2.05, 4.69) is 16.0 Å². The van der Waals surface area contributed by atoms with Gasteiger partial charge in [0, 0.05) is 63.4 Å². The van der Waals surface area contributed by atoms with Crippen molar-refractivity contribution < 1.29 is 41.9 Å². The molecule has 2 aromatic carbocycles. The second-order valence-corrected chi connectivity index (χ2v) is 12.8. The van der Waals surface area contributed by atoms with E-state index in [-0.39, 0.29) is 34.8 Å². The van der Waals surface area contributed by atoms with Crippen LogP contribution in [0.15, 0.2) is 47.4 Å². The Bertz CT molecular complexity index is 1530. The molecular weight excluding hydrogens is 604 g/mol. The third-order valence-corrected chi connectivity index (χ3v) is 8.50. The second kappa shape index (κ2) is 15.7. The fourth-order valence-corrected chi connectivity index (χ4v) is 5.63. The van der Waals surface area contributed by atoms with E-state index in [0.717, 1.165) is 24.0 Å². The van der Waals surface area contributed by atoms with E-state index in [0.29, 0.717) is 63.6 Å². The molecule has 1 atom stereocenters. The number of sulfone groups is 1.